The van der Waals surface area contributed by atoms with Crippen LogP contribution >= 0.6 is 23.2 Å². The number of carbonyl (C=O) groups excluding carboxylic acids is 1. The van der Waals surface area contributed by atoms with Crippen molar-refractivity contribution < 1.29 is 19.0 Å². The first-order valence-electron chi connectivity index (χ1n) is 10.9. The molecule has 0 aliphatic heterocycles. The molecule has 0 aliphatic rings. The summed E-state index contributed by atoms with van der Waals surface area (Å²) in [4.78, 5) is 12.5. The lowest BCUT2D eigenvalue weighted by Gasteiger charge is -2.12. The van der Waals surface area contributed by atoms with E-state index in [4.69, 9.17) is 37.4 Å². The molecule has 0 saturated heterocycles. The molecule has 182 valence electrons. The average Bonchev–Trinajstić information content (AvgIpc) is 2.84. The largest absolute Gasteiger partial charge is 0.490 e. The fraction of sp³-hybridized carbons (Fsp3) is 0.185. The maximum atomic E-state index is 12.5. The average molecular weight is 513 g/mol. The highest BCUT2D eigenvalue weighted by Gasteiger charge is 2.12. The number of nitrogens with one attached hydrogen (secondary N) is 1. The summed E-state index contributed by atoms with van der Waals surface area (Å²) in [6.07, 6.45) is 3.08. The SMILES string of the molecule is C=CCOc1ccc(C(=O)N/N=C/c2cc(Cl)c(OCc3ccc(C)cc3)c(Cl)c2)cc1OCC. The second-order valence-corrected chi connectivity index (χ2v) is 8.30. The van der Waals surface area contributed by atoms with Crippen molar-refractivity contribution in [2.75, 3.05) is 13.2 Å². The number of aryl methyl sites for hydroxylation is 1. The van der Waals surface area contributed by atoms with Gasteiger partial charge in [-0.05, 0) is 55.3 Å². The number of nitrogens with zero attached hydrogens (tertiary/aromatic N) is 1. The first-order chi connectivity index (χ1) is 16.9. The quantitative estimate of drug-likeness (QED) is 0.178. The molecule has 0 aromatic heterocycles. The Bertz CT molecular complexity index is 1190. The Balaban J connectivity index is 1.64. The third kappa shape index (κ3) is 7.50. The van der Waals surface area contributed by atoms with Crippen LogP contribution in [0, 0.1) is 6.92 Å². The van der Waals surface area contributed by atoms with Crippen LogP contribution in [0.3, 0.4) is 0 Å². The zero-order valence-corrected chi connectivity index (χ0v) is 21.0. The number of ether oxygens (including phenoxy) is 3. The smallest absolute Gasteiger partial charge is 0.271 e. The van der Waals surface area contributed by atoms with E-state index in [0.29, 0.717) is 58.2 Å². The molecule has 1 N–H and O–H groups in total. The van der Waals surface area contributed by atoms with Crippen molar-refractivity contribution in [3.05, 3.63) is 99.6 Å². The molecule has 3 rings (SSSR count). The van der Waals surface area contributed by atoms with Crippen LogP contribution in [0.4, 0.5) is 0 Å². The lowest BCUT2D eigenvalue weighted by Crippen LogP contribution is -2.17. The Kier molecular flexibility index (Phi) is 9.58. The van der Waals surface area contributed by atoms with Crippen LogP contribution in [0.2, 0.25) is 10.0 Å². The predicted octanol–water partition coefficient (Wildman–Crippen LogP) is 6.61. The van der Waals surface area contributed by atoms with Crippen molar-refractivity contribution in [2.45, 2.75) is 20.5 Å². The van der Waals surface area contributed by atoms with Gasteiger partial charge in [-0.15, -0.1) is 0 Å². The highest BCUT2D eigenvalue weighted by molar-refractivity contribution is 6.37. The molecule has 0 bridgehead atoms. The van der Waals surface area contributed by atoms with Crippen LogP contribution in [0.1, 0.15) is 34.0 Å². The third-order valence-corrected chi connectivity index (χ3v) is 5.33. The van der Waals surface area contributed by atoms with Gasteiger partial charge in [-0.1, -0.05) is 65.7 Å². The molecule has 0 saturated carbocycles. The Morgan fingerprint density at radius 1 is 1.00 bits per heavy atom. The van der Waals surface area contributed by atoms with Crippen LogP contribution in [-0.2, 0) is 6.61 Å². The van der Waals surface area contributed by atoms with E-state index in [1.165, 1.54) is 11.8 Å². The topological polar surface area (TPSA) is 69.2 Å². The van der Waals surface area contributed by atoms with Gasteiger partial charge in [-0.25, -0.2) is 5.43 Å². The number of hydrogen-bond acceptors (Lipinski definition) is 5. The molecule has 0 atom stereocenters. The van der Waals surface area contributed by atoms with Gasteiger partial charge in [0.25, 0.3) is 5.91 Å². The molecule has 3 aromatic rings. The highest BCUT2D eigenvalue weighted by atomic mass is 35.5. The Morgan fingerprint density at radius 3 is 2.37 bits per heavy atom. The van der Waals surface area contributed by atoms with Crippen LogP contribution < -0.4 is 19.6 Å². The molecule has 8 heteroatoms. The van der Waals surface area contributed by atoms with Gasteiger partial charge in [0, 0.05) is 5.56 Å². The van der Waals surface area contributed by atoms with E-state index in [0.717, 1.165) is 5.56 Å². The van der Waals surface area contributed by atoms with Crippen molar-refractivity contribution in [1.82, 2.24) is 5.43 Å². The van der Waals surface area contributed by atoms with Crippen molar-refractivity contribution in [3.8, 4) is 17.2 Å². The Morgan fingerprint density at radius 2 is 1.71 bits per heavy atom. The van der Waals surface area contributed by atoms with Crippen molar-refractivity contribution in [3.63, 3.8) is 0 Å². The van der Waals surface area contributed by atoms with Gasteiger partial charge in [0.15, 0.2) is 17.2 Å². The standard InChI is InChI=1S/C27H26Cl2N2O4/c1-4-12-34-24-11-10-21(15-25(24)33-5-2)27(32)31-30-16-20-13-22(28)26(23(29)14-20)35-17-19-8-6-18(3)7-9-19/h4,6-11,13-16H,1,5,12,17H2,2-3H3,(H,31,32)/b30-16+. The lowest BCUT2D eigenvalue weighted by molar-refractivity contribution is 0.0954. The summed E-state index contributed by atoms with van der Waals surface area (Å²) in [5.41, 5.74) is 5.63. The van der Waals surface area contributed by atoms with Gasteiger partial charge < -0.3 is 14.2 Å². The maximum absolute atomic E-state index is 12.5. The predicted molar refractivity (Wildman–Crippen MR) is 140 cm³/mol. The van der Waals surface area contributed by atoms with Crippen molar-refractivity contribution in [2.24, 2.45) is 5.10 Å². The molecule has 3 aromatic carbocycles. The molecule has 0 unspecified atom stereocenters. The van der Waals surface area contributed by atoms with E-state index in [1.807, 2.05) is 38.1 Å². The number of rotatable bonds is 11. The third-order valence-electron chi connectivity index (χ3n) is 4.77. The van der Waals surface area contributed by atoms with Gasteiger partial charge in [-0.3, -0.25) is 4.79 Å². The molecule has 0 aliphatic carbocycles. The van der Waals surface area contributed by atoms with E-state index in [2.05, 4.69) is 17.1 Å². The molecule has 0 radical (unpaired) electrons. The Hall–Kier alpha value is -3.48. The van der Waals surface area contributed by atoms with E-state index in [9.17, 15) is 4.79 Å². The number of hydrogen-bond donors (Lipinski definition) is 1. The van der Waals surface area contributed by atoms with E-state index in [1.54, 1.807) is 36.4 Å². The minimum atomic E-state index is -0.410. The molecule has 6 nitrogen and oxygen atoms in total. The van der Waals surface area contributed by atoms with Crippen molar-refractivity contribution in [1.29, 1.82) is 0 Å². The second-order valence-electron chi connectivity index (χ2n) is 7.48. The minimum Gasteiger partial charge on any atom is -0.490 e. The number of hydrazone groups is 1. The zero-order chi connectivity index (χ0) is 25.2. The fourth-order valence-electron chi connectivity index (χ4n) is 3.05. The van der Waals surface area contributed by atoms with Crippen LogP contribution in [0.15, 0.2) is 72.4 Å². The number of halogens is 2. The summed E-state index contributed by atoms with van der Waals surface area (Å²) in [6.45, 7) is 8.60. The molecule has 1 amide bonds. The van der Waals surface area contributed by atoms with Crippen LogP contribution in [0.25, 0.3) is 0 Å². The highest BCUT2D eigenvalue weighted by Crippen LogP contribution is 2.34. The second kappa shape index (κ2) is 12.8. The number of carbonyl (C=O) groups is 1. The first kappa shape index (κ1) is 26.1. The number of amides is 1. The monoisotopic (exact) mass is 512 g/mol. The zero-order valence-electron chi connectivity index (χ0n) is 19.5. The summed E-state index contributed by atoms with van der Waals surface area (Å²) in [5.74, 6) is 0.969. The summed E-state index contributed by atoms with van der Waals surface area (Å²) in [7, 11) is 0. The maximum Gasteiger partial charge on any atom is 0.271 e. The minimum absolute atomic E-state index is 0.330. The summed E-state index contributed by atoms with van der Waals surface area (Å²) < 4.78 is 16.9. The Labute approximate surface area is 215 Å². The summed E-state index contributed by atoms with van der Waals surface area (Å²) in [5, 5.41) is 4.69. The van der Waals surface area contributed by atoms with Gasteiger partial charge in [0.1, 0.15) is 13.2 Å². The molecule has 35 heavy (non-hydrogen) atoms. The van der Waals surface area contributed by atoms with Crippen LogP contribution in [0.5, 0.6) is 17.2 Å². The van der Waals surface area contributed by atoms with Gasteiger partial charge in [0.2, 0.25) is 0 Å². The van der Waals surface area contributed by atoms with Gasteiger partial charge in [-0.2, -0.15) is 5.10 Å². The first-order valence-corrected chi connectivity index (χ1v) is 11.7. The van der Waals surface area contributed by atoms with E-state index in [-0.39, 0.29) is 0 Å². The molecular weight excluding hydrogens is 487 g/mol. The normalized spacial score (nSPS) is 10.7. The number of benzene rings is 3. The van der Waals surface area contributed by atoms with E-state index < -0.39 is 5.91 Å². The fourth-order valence-corrected chi connectivity index (χ4v) is 3.66. The van der Waals surface area contributed by atoms with Crippen LogP contribution in [-0.4, -0.2) is 25.3 Å². The summed E-state index contributed by atoms with van der Waals surface area (Å²) >= 11 is 12.7. The van der Waals surface area contributed by atoms with Crippen molar-refractivity contribution >= 4 is 35.3 Å². The molecule has 0 spiro atoms. The molecule has 0 fully saturated rings. The lowest BCUT2D eigenvalue weighted by atomic mass is 10.2. The van der Waals surface area contributed by atoms with Gasteiger partial charge in [0.05, 0.1) is 22.9 Å². The summed E-state index contributed by atoms with van der Waals surface area (Å²) in [6, 6.07) is 16.2. The van der Waals surface area contributed by atoms with Gasteiger partial charge >= 0.3 is 0 Å². The molecule has 0 heterocycles. The van der Waals surface area contributed by atoms with E-state index >= 15 is 0 Å². The molecular formula is C27H26Cl2N2O4.